The lowest BCUT2D eigenvalue weighted by molar-refractivity contribution is 0.0327. The first-order chi connectivity index (χ1) is 8.72. The smallest absolute Gasteiger partial charge is 0.106 e. The third-order valence-corrected chi connectivity index (χ3v) is 3.53. The van der Waals surface area contributed by atoms with Crippen molar-refractivity contribution in [3.63, 3.8) is 0 Å². The Hall–Kier alpha value is -0.810. The van der Waals surface area contributed by atoms with Crippen molar-refractivity contribution in [1.82, 2.24) is 5.32 Å². The van der Waals surface area contributed by atoms with Gasteiger partial charge in [-0.05, 0) is 17.7 Å². The zero-order chi connectivity index (χ0) is 13.0. The number of aliphatic hydroxyl groups excluding tert-OH is 2. The lowest BCUT2D eigenvalue weighted by atomic mass is 10.0. The van der Waals surface area contributed by atoms with Crippen molar-refractivity contribution in [2.45, 2.75) is 12.2 Å². The Labute approximate surface area is 112 Å². The normalized spacial score (nSPS) is 19.6. The summed E-state index contributed by atoms with van der Waals surface area (Å²) in [5.41, 5.74) is 1.79. The van der Waals surface area contributed by atoms with E-state index in [1.165, 1.54) is 0 Å². The second-order valence-corrected chi connectivity index (χ2v) is 4.81. The molecule has 3 N–H and O–H groups in total. The van der Waals surface area contributed by atoms with Crippen LogP contribution in [0.2, 0.25) is 0 Å². The monoisotopic (exact) mass is 270 g/mol. The maximum atomic E-state index is 9.95. The molecule has 0 aromatic heterocycles. The quantitative estimate of drug-likeness (QED) is 0.706. The van der Waals surface area contributed by atoms with Gasteiger partial charge in [0.1, 0.15) is 6.10 Å². The number of nitrogens with zero attached hydrogens (tertiary/aromatic N) is 1. The molecule has 4 nitrogen and oxygen atoms in total. The number of hydrogen-bond donors (Lipinski definition) is 3. The SMILES string of the molecule is OC(CCl)C(O)c1cccc(N2CCNCC2)c1. The summed E-state index contributed by atoms with van der Waals surface area (Å²) in [4.78, 5) is 2.26. The van der Waals surface area contributed by atoms with E-state index in [0.29, 0.717) is 5.56 Å². The number of aliphatic hydroxyl groups is 2. The first-order valence-electron chi connectivity index (χ1n) is 6.20. The molecule has 1 aliphatic rings. The van der Waals surface area contributed by atoms with Crippen LogP contribution < -0.4 is 10.2 Å². The van der Waals surface area contributed by atoms with E-state index in [1.807, 2.05) is 24.3 Å². The zero-order valence-electron chi connectivity index (χ0n) is 10.2. The first kappa shape index (κ1) is 13.6. The van der Waals surface area contributed by atoms with Crippen LogP contribution in [0.4, 0.5) is 5.69 Å². The van der Waals surface area contributed by atoms with E-state index in [-0.39, 0.29) is 5.88 Å². The van der Waals surface area contributed by atoms with Gasteiger partial charge in [-0.1, -0.05) is 12.1 Å². The maximum Gasteiger partial charge on any atom is 0.106 e. The summed E-state index contributed by atoms with van der Waals surface area (Å²) in [6, 6.07) is 7.66. The number of benzene rings is 1. The summed E-state index contributed by atoms with van der Waals surface area (Å²) in [7, 11) is 0. The van der Waals surface area contributed by atoms with Gasteiger partial charge >= 0.3 is 0 Å². The van der Waals surface area contributed by atoms with E-state index in [9.17, 15) is 10.2 Å². The highest BCUT2D eigenvalue weighted by Crippen LogP contribution is 2.23. The van der Waals surface area contributed by atoms with Crippen LogP contribution in [0.5, 0.6) is 0 Å². The van der Waals surface area contributed by atoms with Gasteiger partial charge in [0.25, 0.3) is 0 Å². The van der Waals surface area contributed by atoms with Crippen LogP contribution in [0, 0.1) is 0 Å². The van der Waals surface area contributed by atoms with Crippen LogP contribution in [0.3, 0.4) is 0 Å². The van der Waals surface area contributed by atoms with E-state index in [1.54, 1.807) is 0 Å². The largest absolute Gasteiger partial charge is 0.389 e. The minimum Gasteiger partial charge on any atom is -0.389 e. The van der Waals surface area contributed by atoms with Crippen LogP contribution in [0.1, 0.15) is 11.7 Å². The van der Waals surface area contributed by atoms with Crippen molar-refractivity contribution in [3.8, 4) is 0 Å². The van der Waals surface area contributed by atoms with Crippen LogP contribution in [0.25, 0.3) is 0 Å². The average molecular weight is 271 g/mol. The molecule has 0 bridgehead atoms. The molecule has 1 aromatic rings. The van der Waals surface area contributed by atoms with Gasteiger partial charge in [-0.3, -0.25) is 0 Å². The van der Waals surface area contributed by atoms with Crippen molar-refractivity contribution >= 4 is 17.3 Å². The number of alkyl halides is 1. The van der Waals surface area contributed by atoms with E-state index in [4.69, 9.17) is 11.6 Å². The Morgan fingerprint density at radius 1 is 1.28 bits per heavy atom. The van der Waals surface area contributed by atoms with Gasteiger partial charge in [-0.2, -0.15) is 0 Å². The predicted octanol–water partition coefficient (Wildman–Crippen LogP) is 0.729. The summed E-state index contributed by atoms with van der Waals surface area (Å²) < 4.78 is 0. The van der Waals surface area contributed by atoms with E-state index in [0.717, 1.165) is 31.9 Å². The van der Waals surface area contributed by atoms with Gasteiger partial charge in [-0.15, -0.1) is 11.6 Å². The second kappa shape index (κ2) is 6.38. The molecule has 0 spiro atoms. The fraction of sp³-hybridized carbons (Fsp3) is 0.538. The number of piperazine rings is 1. The summed E-state index contributed by atoms with van der Waals surface area (Å²) in [6.07, 6.45) is -1.85. The topological polar surface area (TPSA) is 55.7 Å². The summed E-state index contributed by atoms with van der Waals surface area (Å²) in [5, 5.41) is 22.8. The van der Waals surface area contributed by atoms with Crippen LogP contribution in [-0.2, 0) is 0 Å². The molecule has 2 unspecified atom stereocenters. The number of nitrogens with one attached hydrogen (secondary N) is 1. The minimum absolute atomic E-state index is 0.0268. The minimum atomic E-state index is -0.926. The molecule has 1 aliphatic heterocycles. The van der Waals surface area contributed by atoms with E-state index in [2.05, 4.69) is 10.2 Å². The molecule has 1 fully saturated rings. The Bertz CT molecular complexity index is 366. The summed E-state index contributed by atoms with van der Waals surface area (Å²) >= 11 is 5.56. The Morgan fingerprint density at radius 2 is 2.00 bits per heavy atom. The van der Waals surface area contributed by atoms with Gasteiger partial charge in [0.15, 0.2) is 0 Å². The molecule has 0 radical (unpaired) electrons. The fourth-order valence-electron chi connectivity index (χ4n) is 2.14. The molecular weight excluding hydrogens is 252 g/mol. The molecule has 2 atom stereocenters. The fourth-order valence-corrected chi connectivity index (χ4v) is 2.30. The summed E-state index contributed by atoms with van der Waals surface area (Å²) in [5.74, 6) is 0.0268. The molecule has 100 valence electrons. The van der Waals surface area contributed by atoms with Crippen molar-refractivity contribution in [3.05, 3.63) is 29.8 Å². The van der Waals surface area contributed by atoms with Gasteiger partial charge in [0, 0.05) is 31.9 Å². The predicted molar refractivity (Wildman–Crippen MR) is 73.2 cm³/mol. The number of rotatable bonds is 4. The third-order valence-electron chi connectivity index (χ3n) is 3.22. The lowest BCUT2D eigenvalue weighted by Crippen LogP contribution is -2.43. The zero-order valence-corrected chi connectivity index (χ0v) is 11.0. The van der Waals surface area contributed by atoms with Crippen molar-refractivity contribution in [2.24, 2.45) is 0 Å². The Morgan fingerprint density at radius 3 is 2.67 bits per heavy atom. The van der Waals surface area contributed by atoms with Gasteiger partial charge in [0.05, 0.1) is 12.0 Å². The molecule has 0 saturated carbocycles. The number of anilines is 1. The maximum absolute atomic E-state index is 9.95. The highest BCUT2D eigenvalue weighted by atomic mass is 35.5. The van der Waals surface area contributed by atoms with Crippen molar-refractivity contribution < 1.29 is 10.2 Å². The lowest BCUT2D eigenvalue weighted by Gasteiger charge is -2.30. The van der Waals surface area contributed by atoms with Crippen LogP contribution >= 0.6 is 11.6 Å². The van der Waals surface area contributed by atoms with Gasteiger partial charge < -0.3 is 20.4 Å². The molecule has 5 heteroatoms. The molecule has 18 heavy (non-hydrogen) atoms. The van der Waals surface area contributed by atoms with E-state index < -0.39 is 12.2 Å². The first-order valence-corrected chi connectivity index (χ1v) is 6.73. The number of hydrogen-bond acceptors (Lipinski definition) is 4. The van der Waals surface area contributed by atoms with Crippen LogP contribution in [-0.4, -0.2) is 48.4 Å². The highest BCUT2D eigenvalue weighted by Gasteiger charge is 2.18. The second-order valence-electron chi connectivity index (χ2n) is 4.50. The van der Waals surface area contributed by atoms with Crippen molar-refractivity contribution in [1.29, 1.82) is 0 Å². The third kappa shape index (κ3) is 3.14. The molecule has 2 rings (SSSR count). The van der Waals surface area contributed by atoms with Crippen LogP contribution in [0.15, 0.2) is 24.3 Å². The van der Waals surface area contributed by atoms with E-state index >= 15 is 0 Å². The molecule has 1 aromatic carbocycles. The Balaban J connectivity index is 2.13. The van der Waals surface area contributed by atoms with Crippen molar-refractivity contribution in [2.75, 3.05) is 37.0 Å². The number of halogens is 1. The molecule has 0 aliphatic carbocycles. The average Bonchev–Trinajstić information content (AvgIpc) is 2.46. The summed E-state index contributed by atoms with van der Waals surface area (Å²) in [6.45, 7) is 3.85. The molecule has 0 amide bonds. The Kier molecular flexibility index (Phi) is 4.83. The molecular formula is C13H19ClN2O2. The highest BCUT2D eigenvalue weighted by molar-refractivity contribution is 6.18. The molecule has 1 saturated heterocycles. The molecule has 1 heterocycles. The standard InChI is InChI=1S/C13H19ClN2O2/c14-9-12(17)13(18)10-2-1-3-11(8-10)16-6-4-15-5-7-16/h1-3,8,12-13,15,17-18H,4-7,9H2. The van der Waals surface area contributed by atoms with Gasteiger partial charge in [-0.25, -0.2) is 0 Å². The van der Waals surface area contributed by atoms with Gasteiger partial charge in [0.2, 0.25) is 0 Å².